The van der Waals surface area contributed by atoms with Gasteiger partial charge in [-0.3, -0.25) is 9.59 Å². The highest BCUT2D eigenvalue weighted by Crippen LogP contribution is 2.38. The summed E-state index contributed by atoms with van der Waals surface area (Å²) in [6, 6.07) is 10.0. The fraction of sp³-hybridized carbons (Fsp3) is 0.417. The number of amides is 2. The molecule has 4 rings (SSSR count). The van der Waals surface area contributed by atoms with Crippen LogP contribution in [0.5, 0.6) is 0 Å². The van der Waals surface area contributed by atoms with E-state index in [1.807, 2.05) is 6.07 Å². The lowest BCUT2D eigenvalue weighted by atomic mass is 9.78. The first-order valence-corrected chi connectivity index (χ1v) is 12.0. The van der Waals surface area contributed by atoms with Crippen molar-refractivity contribution in [2.45, 2.75) is 50.6 Å². The minimum absolute atomic E-state index is 0.0279. The lowest BCUT2D eigenvalue weighted by molar-refractivity contribution is -0.116. The maximum Gasteiger partial charge on any atom is 0.251 e. The van der Waals surface area contributed by atoms with Crippen LogP contribution in [0.4, 0.5) is 10.1 Å². The smallest absolute Gasteiger partial charge is 0.251 e. The predicted molar refractivity (Wildman–Crippen MR) is 123 cm³/mol. The number of carbonyl (C=O) groups is 2. The summed E-state index contributed by atoms with van der Waals surface area (Å²) < 4.78 is 14.4. The third-order valence-electron chi connectivity index (χ3n) is 6.57. The monoisotopic (exact) mass is 460 g/mol. The molecule has 0 aromatic heterocycles. The van der Waals surface area contributed by atoms with Gasteiger partial charge in [-0.2, -0.15) is 0 Å². The molecule has 1 saturated carbocycles. The van der Waals surface area contributed by atoms with Gasteiger partial charge in [0.15, 0.2) is 0 Å². The SMILES string of the molecule is C[C@@H]1[C@@H](C)CCC[C@H]1NC(=O)c1ccc2c(c1)N(Cc1c(F)cccc1Cl)C(=O)CS2. The summed E-state index contributed by atoms with van der Waals surface area (Å²) in [5.74, 6) is 0.547. The Hall–Kier alpha value is -2.05. The van der Waals surface area contributed by atoms with E-state index in [9.17, 15) is 14.0 Å². The Morgan fingerprint density at radius 3 is 2.84 bits per heavy atom. The van der Waals surface area contributed by atoms with E-state index in [1.54, 1.807) is 24.3 Å². The first-order valence-electron chi connectivity index (χ1n) is 10.7. The van der Waals surface area contributed by atoms with Crippen LogP contribution in [0.2, 0.25) is 5.02 Å². The van der Waals surface area contributed by atoms with Crippen LogP contribution in [0.15, 0.2) is 41.3 Å². The molecule has 0 spiro atoms. The maximum absolute atomic E-state index is 14.4. The van der Waals surface area contributed by atoms with Crippen molar-refractivity contribution in [2.75, 3.05) is 10.7 Å². The third kappa shape index (κ3) is 4.60. The van der Waals surface area contributed by atoms with Gasteiger partial charge in [-0.1, -0.05) is 44.4 Å². The molecular formula is C24H26ClFN2O2S. The van der Waals surface area contributed by atoms with Crippen LogP contribution in [0.3, 0.4) is 0 Å². The zero-order valence-electron chi connectivity index (χ0n) is 17.7. The van der Waals surface area contributed by atoms with Crippen LogP contribution >= 0.6 is 23.4 Å². The molecule has 164 valence electrons. The van der Waals surface area contributed by atoms with Gasteiger partial charge in [-0.25, -0.2) is 4.39 Å². The van der Waals surface area contributed by atoms with Crippen molar-refractivity contribution < 1.29 is 14.0 Å². The largest absolute Gasteiger partial charge is 0.349 e. The van der Waals surface area contributed by atoms with E-state index >= 15 is 0 Å². The van der Waals surface area contributed by atoms with Crippen molar-refractivity contribution in [1.82, 2.24) is 5.32 Å². The highest BCUT2D eigenvalue weighted by molar-refractivity contribution is 8.00. The number of thioether (sulfide) groups is 1. The molecule has 2 aromatic carbocycles. The van der Waals surface area contributed by atoms with Gasteiger partial charge in [0.05, 0.1) is 18.0 Å². The fourth-order valence-corrected chi connectivity index (χ4v) is 5.53. The third-order valence-corrected chi connectivity index (χ3v) is 7.97. The van der Waals surface area contributed by atoms with Crippen LogP contribution in [0, 0.1) is 17.7 Å². The molecule has 2 amide bonds. The van der Waals surface area contributed by atoms with E-state index in [1.165, 1.54) is 29.1 Å². The number of benzene rings is 2. The summed E-state index contributed by atoms with van der Waals surface area (Å²) in [6.07, 6.45) is 3.29. The number of rotatable bonds is 4. The number of fused-ring (bicyclic) bond motifs is 1. The maximum atomic E-state index is 14.4. The summed E-state index contributed by atoms with van der Waals surface area (Å²) in [7, 11) is 0. The van der Waals surface area contributed by atoms with E-state index in [0.29, 0.717) is 23.1 Å². The molecule has 2 aliphatic rings. The lowest BCUT2D eigenvalue weighted by Crippen LogP contribution is -2.43. The van der Waals surface area contributed by atoms with Gasteiger partial charge < -0.3 is 10.2 Å². The van der Waals surface area contributed by atoms with Gasteiger partial charge >= 0.3 is 0 Å². The van der Waals surface area contributed by atoms with Crippen LogP contribution in [0.1, 0.15) is 49.0 Å². The fourth-order valence-electron chi connectivity index (χ4n) is 4.40. The van der Waals surface area contributed by atoms with E-state index < -0.39 is 5.82 Å². The number of hydrogen-bond acceptors (Lipinski definition) is 3. The van der Waals surface area contributed by atoms with Gasteiger partial charge in [0.1, 0.15) is 5.82 Å². The second kappa shape index (κ2) is 9.21. The summed E-state index contributed by atoms with van der Waals surface area (Å²) >= 11 is 7.62. The van der Waals surface area contributed by atoms with Crippen molar-refractivity contribution in [1.29, 1.82) is 0 Å². The van der Waals surface area contributed by atoms with E-state index in [0.717, 1.165) is 17.7 Å². The number of anilines is 1. The number of hydrogen-bond donors (Lipinski definition) is 1. The van der Waals surface area contributed by atoms with Crippen molar-refractivity contribution in [2.24, 2.45) is 11.8 Å². The van der Waals surface area contributed by atoms with Crippen molar-refractivity contribution in [3.63, 3.8) is 0 Å². The molecule has 0 saturated heterocycles. The molecule has 4 nitrogen and oxygen atoms in total. The molecule has 1 aliphatic carbocycles. The Kier molecular flexibility index (Phi) is 6.58. The summed E-state index contributed by atoms with van der Waals surface area (Å²) in [4.78, 5) is 28.1. The standard InChI is InChI=1S/C24H26ClFN2O2S/c1-14-5-3-8-20(15(14)2)27-24(30)16-9-10-22-21(11-16)28(23(29)13-31-22)12-17-18(25)6-4-7-19(17)26/h4,6-7,9-11,14-15,20H,3,5,8,12-13H2,1-2H3,(H,27,30)/t14-,15+,20+/m0/s1. The Bertz CT molecular complexity index is 995. The molecule has 1 aliphatic heterocycles. The van der Waals surface area contributed by atoms with Gasteiger partial charge in [-0.05, 0) is 48.6 Å². The second-order valence-corrected chi connectivity index (χ2v) is 9.92. The molecule has 0 unspecified atom stereocenters. The first kappa shape index (κ1) is 22.2. The Morgan fingerprint density at radius 2 is 2.06 bits per heavy atom. The molecule has 1 heterocycles. The summed E-state index contributed by atoms with van der Waals surface area (Å²) in [5, 5.41) is 3.47. The number of nitrogens with zero attached hydrogens (tertiary/aromatic N) is 1. The van der Waals surface area contributed by atoms with Crippen LogP contribution in [-0.2, 0) is 11.3 Å². The minimum Gasteiger partial charge on any atom is -0.349 e. The highest BCUT2D eigenvalue weighted by Gasteiger charge is 2.30. The molecule has 0 radical (unpaired) electrons. The van der Waals surface area contributed by atoms with E-state index in [2.05, 4.69) is 19.2 Å². The van der Waals surface area contributed by atoms with Gasteiger partial charge in [0.2, 0.25) is 5.91 Å². The normalized spacial score (nSPS) is 23.4. The number of nitrogens with one attached hydrogen (secondary N) is 1. The average Bonchev–Trinajstić information content (AvgIpc) is 2.75. The second-order valence-electron chi connectivity index (χ2n) is 8.50. The number of halogens is 2. The highest BCUT2D eigenvalue weighted by atomic mass is 35.5. The van der Waals surface area contributed by atoms with E-state index in [4.69, 9.17) is 11.6 Å². The van der Waals surface area contributed by atoms with Gasteiger partial charge in [0.25, 0.3) is 5.91 Å². The molecule has 2 aromatic rings. The van der Waals surface area contributed by atoms with Crippen molar-refractivity contribution in [3.05, 3.63) is 58.4 Å². The summed E-state index contributed by atoms with van der Waals surface area (Å²) in [6.45, 7) is 4.45. The average molecular weight is 461 g/mol. The molecular weight excluding hydrogens is 435 g/mol. The van der Waals surface area contributed by atoms with E-state index in [-0.39, 0.29) is 40.7 Å². The van der Waals surface area contributed by atoms with Crippen LogP contribution < -0.4 is 10.2 Å². The predicted octanol–water partition coefficient (Wildman–Crippen LogP) is 5.67. The topological polar surface area (TPSA) is 49.4 Å². The molecule has 1 fully saturated rings. The molecule has 0 bridgehead atoms. The Labute approximate surface area is 191 Å². The lowest BCUT2D eigenvalue weighted by Gasteiger charge is -2.34. The van der Waals surface area contributed by atoms with Gasteiger partial charge in [-0.15, -0.1) is 11.8 Å². The van der Waals surface area contributed by atoms with Crippen molar-refractivity contribution in [3.8, 4) is 0 Å². The number of carbonyl (C=O) groups excluding carboxylic acids is 2. The first-order chi connectivity index (χ1) is 14.8. The van der Waals surface area contributed by atoms with Gasteiger partial charge in [0, 0.05) is 27.1 Å². The summed E-state index contributed by atoms with van der Waals surface area (Å²) in [5.41, 5.74) is 1.40. The van der Waals surface area contributed by atoms with Crippen LogP contribution in [-0.4, -0.2) is 23.6 Å². The molecule has 1 N–H and O–H groups in total. The Balaban J connectivity index is 1.60. The van der Waals surface area contributed by atoms with Crippen molar-refractivity contribution >= 4 is 40.9 Å². The molecule has 7 heteroatoms. The zero-order chi connectivity index (χ0) is 22.1. The quantitative estimate of drug-likeness (QED) is 0.639. The molecule has 31 heavy (non-hydrogen) atoms. The Morgan fingerprint density at radius 1 is 1.26 bits per heavy atom. The molecule has 3 atom stereocenters. The minimum atomic E-state index is -0.450. The zero-order valence-corrected chi connectivity index (χ0v) is 19.2. The van der Waals surface area contributed by atoms with Crippen LogP contribution in [0.25, 0.3) is 0 Å².